The fourth-order valence-electron chi connectivity index (χ4n) is 2.77. The van der Waals surface area contributed by atoms with Crippen LogP contribution in [-0.4, -0.2) is 20.7 Å². The van der Waals surface area contributed by atoms with E-state index >= 15 is 0 Å². The average Bonchev–Trinajstić information content (AvgIpc) is 3.12. The van der Waals surface area contributed by atoms with Gasteiger partial charge < -0.3 is 5.32 Å². The molecule has 1 heterocycles. The standard InChI is InChI=1S/C20H19ClF2N4O/c1-3-27-19(25-18(26-27)14-7-8-16(21)17(23)10-14)12(2)20(28)24-11-13-5-4-6-15(22)9-13/h4-10,12H,3,11H2,1-2H3,(H,24,28). The van der Waals surface area contributed by atoms with Gasteiger partial charge in [0.2, 0.25) is 5.91 Å². The van der Waals surface area contributed by atoms with E-state index in [-0.39, 0.29) is 23.3 Å². The van der Waals surface area contributed by atoms with E-state index < -0.39 is 11.7 Å². The minimum Gasteiger partial charge on any atom is -0.351 e. The van der Waals surface area contributed by atoms with E-state index in [2.05, 4.69) is 15.4 Å². The Morgan fingerprint density at radius 2 is 2.04 bits per heavy atom. The lowest BCUT2D eigenvalue weighted by molar-refractivity contribution is -0.122. The molecular weight excluding hydrogens is 386 g/mol. The Labute approximate surface area is 166 Å². The predicted octanol–water partition coefficient (Wildman–Crippen LogP) is 4.32. The summed E-state index contributed by atoms with van der Waals surface area (Å²) in [6.07, 6.45) is 0. The zero-order valence-corrected chi connectivity index (χ0v) is 16.2. The van der Waals surface area contributed by atoms with Crippen LogP contribution in [0.3, 0.4) is 0 Å². The number of aryl methyl sites for hydroxylation is 1. The fourth-order valence-corrected chi connectivity index (χ4v) is 2.89. The maximum absolute atomic E-state index is 13.7. The Bertz CT molecular complexity index is 1010. The quantitative estimate of drug-likeness (QED) is 0.665. The van der Waals surface area contributed by atoms with Gasteiger partial charge in [-0.2, -0.15) is 5.10 Å². The Morgan fingerprint density at radius 3 is 2.71 bits per heavy atom. The third-order valence-corrected chi connectivity index (χ3v) is 4.62. The second kappa shape index (κ2) is 8.48. The van der Waals surface area contributed by atoms with Crippen LogP contribution in [0.25, 0.3) is 11.4 Å². The highest BCUT2D eigenvalue weighted by Gasteiger charge is 2.23. The monoisotopic (exact) mass is 404 g/mol. The smallest absolute Gasteiger partial charge is 0.230 e. The molecule has 1 unspecified atom stereocenters. The normalized spacial score (nSPS) is 12.0. The van der Waals surface area contributed by atoms with Gasteiger partial charge in [-0.1, -0.05) is 23.7 Å². The Kier molecular flexibility index (Phi) is 6.04. The van der Waals surface area contributed by atoms with Crippen molar-refractivity contribution in [2.45, 2.75) is 32.9 Å². The van der Waals surface area contributed by atoms with E-state index in [1.54, 1.807) is 29.8 Å². The number of rotatable bonds is 6. The van der Waals surface area contributed by atoms with Gasteiger partial charge in [0.05, 0.1) is 10.9 Å². The van der Waals surface area contributed by atoms with E-state index in [0.29, 0.717) is 29.3 Å². The molecule has 8 heteroatoms. The molecule has 0 aliphatic carbocycles. The van der Waals surface area contributed by atoms with Gasteiger partial charge >= 0.3 is 0 Å². The molecule has 3 rings (SSSR count). The zero-order valence-electron chi connectivity index (χ0n) is 15.4. The van der Waals surface area contributed by atoms with Crippen molar-refractivity contribution in [3.05, 3.63) is 70.5 Å². The van der Waals surface area contributed by atoms with Gasteiger partial charge in [0.25, 0.3) is 0 Å². The zero-order chi connectivity index (χ0) is 20.3. The molecule has 146 valence electrons. The maximum Gasteiger partial charge on any atom is 0.230 e. The van der Waals surface area contributed by atoms with E-state index in [1.807, 2.05) is 6.92 Å². The van der Waals surface area contributed by atoms with Crippen molar-refractivity contribution in [2.24, 2.45) is 0 Å². The summed E-state index contributed by atoms with van der Waals surface area (Å²) in [4.78, 5) is 17.0. The van der Waals surface area contributed by atoms with Crippen molar-refractivity contribution >= 4 is 17.5 Å². The van der Waals surface area contributed by atoms with Crippen LogP contribution in [0.1, 0.15) is 31.2 Å². The first-order valence-corrected chi connectivity index (χ1v) is 9.19. The van der Waals surface area contributed by atoms with Crippen molar-refractivity contribution in [1.29, 1.82) is 0 Å². The summed E-state index contributed by atoms with van der Waals surface area (Å²) < 4.78 is 28.6. The SMILES string of the molecule is CCn1nc(-c2ccc(Cl)c(F)c2)nc1C(C)C(=O)NCc1cccc(F)c1. The van der Waals surface area contributed by atoms with Crippen LogP contribution in [0.15, 0.2) is 42.5 Å². The van der Waals surface area contributed by atoms with Crippen LogP contribution < -0.4 is 5.32 Å². The van der Waals surface area contributed by atoms with Gasteiger partial charge in [-0.15, -0.1) is 0 Å². The first kappa shape index (κ1) is 19.9. The van der Waals surface area contributed by atoms with Crippen LogP contribution in [0.2, 0.25) is 5.02 Å². The molecule has 0 fully saturated rings. The third-order valence-electron chi connectivity index (χ3n) is 4.31. The Hall–Kier alpha value is -2.80. The number of amides is 1. The van der Waals surface area contributed by atoms with Crippen molar-refractivity contribution in [3.63, 3.8) is 0 Å². The summed E-state index contributed by atoms with van der Waals surface area (Å²) in [7, 11) is 0. The molecule has 1 aromatic heterocycles. The molecular formula is C20H19ClF2N4O. The largest absolute Gasteiger partial charge is 0.351 e. The number of aromatic nitrogens is 3. The van der Waals surface area contributed by atoms with Crippen LogP contribution >= 0.6 is 11.6 Å². The highest BCUT2D eigenvalue weighted by atomic mass is 35.5. The van der Waals surface area contributed by atoms with Crippen molar-refractivity contribution < 1.29 is 13.6 Å². The van der Waals surface area contributed by atoms with Gasteiger partial charge in [0.1, 0.15) is 17.5 Å². The number of carbonyl (C=O) groups excluding carboxylic acids is 1. The predicted molar refractivity (Wildman–Crippen MR) is 103 cm³/mol. The highest BCUT2D eigenvalue weighted by molar-refractivity contribution is 6.30. The fraction of sp³-hybridized carbons (Fsp3) is 0.250. The molecule has 0 saturated heterocycles. The summed E-state index contributed by atoms with van der Waals surface area (Å²) >= 11 is 5.72. The summed E-state index contributed by atoms with van der Waals surface area (Å²) in [6, 6.07) is 10.4. The molecule has 0 saturated carbocycles. The summed E-state index contributed by atoms with van der Waals surface area (Å²) in [5, 5.41) is 7.16. The lowest BCUT2D eigenvalue weighted by Gasteiger charge is -2.12. The van der Waals surface area contributed by atoms with E-state index in [9.17, 15) is 13.6 Å². The van der Waals surface area contributed by atoms with Crippen LogP contribution in [-0.2, 0) is 17.9 Å². The molecule has 0 aliphatic rings. The Balaban J connectivity index is 1.78. The molecule has 0 radical (unpaired) electrons. The molecule has 2 aromatic carbocycles. The molecule has 1 atom stereocenters. The lowest BCUT2D eigenvalue weighted by Crippen LogP contribution is -2.29. The molecule has 0 aliphatic heterocycles. The molecule has 3 aromatic rings. The Morgan fingerprint density at radius 1 is 1.25 bits per heavy atom. The number of nitrogens with zero attached hydrogens (tertiary/aromatic N) is 3. The van der Waals surface area contributed by atoms with Crippen LogP contribution in [0, 0.1) is 11.6 Å². The molecule has 5 nitrogen and oxygen atoms in total. The summed E-state index contributed by atoms with van der Waals surface area (Å²) in [6.45, 7) is 4.29. The van der Waals surface area contributed by atoms with Crippen LogP contribution in [0.4, 0.5) is 8.78 Å². The minimum atomic E-state index is -0.591. The van der Waals surface area contributed by atoms with Gasteiger partial charge in [-0.25, -0.2) is 18.4 Å². The number of nitrogens with one attached hydrogen (secondary N) is 1. The van der Waals surface area contributed by atoms with Gasteiger partial charge in [-0.05, 0) is 49.7 Å². The second-order valence-electron chi connectivity index (χ2n) is 6.31. The number of hydrogen-bond acceptors (Lipinski definition) is 3. The molecule has 1 N–H and O–H groups in total. The molecule has 0 spiro atoms. The number of carbonyl (C=O) groups is 1. The van der Waals surface area contributed by atoms with E-state index in [4.69, 9.17) is 11.6 Å². The topological polar surface area (TPSA) is 59.8 Å². The summed E-state index contributed by atoms with van der Waals surface area (Å²) in [5.41, 5.74) is 1.14. The van der Waals surface area contributed by atoms with Gasteiger partial charge in [0, 0.05) is 18.7 Å². The van der Waals surface area contributed by atoms with Gasteiger partial charge in [-0.3, -0.25) is 4.79 Å². The number of benzene rings is 2. The third kappa shape index (κ3) is 4.36. The van der Waals surface area contributed by atoms with Crippen molar-refractivity contribution in [3.8, 4) is 11.4 Å². The first-order valence-electron chi connectivity index (χ1n) is 8.81. The maximum atomic E-state index is 13.7. The molecule has 1 amide bonds. The lowest BCUT2D eigenvalue weighted by atomic mass is 10.1. The van der Waals surface area contributed by atoms with Crippen molar-refractivity contribution in [1.82, 2.24) is 20.1 Å². The second-order valence-corrected chi connectivity index (χ2v) is 6.71. The van der Waals surface area contributed by atoms with E-state index in [0.717, 1.165) is 0 Å². The number of halogens is 3. The molecule has 28 heavy (non-hydrogen) atoms. The van der Waals surface area contributed by atoms with Crippen LogP contribution in [0.5, 0.6) is 0 Å². The highest BCUT2D eigenvalue weighted by Crippen LogP contribution is 2.24. The summed E-state index contributed by atoms with van der Waals surface area (Å²) in [5.74, 6) is -0.992. The van der Waals surface area contributed by atoms with E-state index in [1.165, 1.54) is 24.3 Å². The van der Waals surface area contributed by atoms with Crippen molar-refractivity contribution in [2.75, 3.05) is 0 Å². The average molecular weight is 405 g/mol. The number of hydrogen-bond donors (Lipinski definition) is 1. The minimum absolute atomic E-state index is 0.0176. The first-order chi connectivity index (χ1) is 13.4. The molecule has 0 bridgehead atoms. The van der Waals surface area contributed by atoms with Gasteiger partial charge in [0.15, 0.2) is 5.82 Å².